The average molecular weight is 402 g/mol. The summed E-state index contributed by atoms with van der Waals surface area (Å²) in [4.78, 5) is 11.9. The highest BCUT2D eigenvalue weighted by Gasteiger charge is 2.18. The first-order valence-electron chi connectivity index (χ1n) is 8.24. The first-order valence-corrected chi connectivity index (χ1v) is 9.73. The number of halogens is 2. The molecule has 0 N–H and O–H groups in total. The molecule has 3 rings (SSSR count). The molecule has 27 heavy (non-hydrogen) atoms. The number of anilines is 1. The maximum absolute atomic E-state index is 13.6. The second-order valence-electron chi connectivity index (χ2n) is 5.97. The van der Waals surface area contributed by atoms with Crippen molar-refractivity contribution in [1.29, 1.82) is 0 Å². The molecule has 0 saturated carbocycles. The highest BCUT2D eigenvalue weighted by atomic mass is 35.5. The van der Waals surface area contributed by atoms with Gasteiger partial charge in [0.25, 0.3) is 0 Å². The molecule has 6 heteroatoms. The highest BCUT2D eigenvalue weighted by Crippen LogP contribution is 2.25. The zero-order chi connectivity index (χ0) is 19.4. The average Bonchev–Trinajstić information content (AvgIpc) is 2.67. The van der Waals surface area contributed by atoms with E-state index in [-0.39, 0.29) is 5.78 Å². The van der Waals surface area contributed by atoms with Crippen LogP contribution in [0.5, 0.6) is 0 Å². The Hall–Kier alpha value is -2.50. The zero-order valence-electron chi connectivity index (χ0n) is 14.6. The van der Waals surface area contributed by atoms with Crippen LogP contribution in [0.4, 0.5) is 10.1 Å². The van der Waals surface area contributed by atoms with Gasteiger partial charge in [0.1, 0.15) is 5.82 Å². The van der Waals surface area contributed by atoms with Gasteiger partial charge < -0.3 is 0 Å². The van der Waals surface area contributed by atoms with Gasteiger partial charge in [-0.05, 0) is 67.1 Å². The third kappa shape index (κ3) is 4.81. The molecule has 138 valence electrons. The van der Waals surface area contributed by atoms with Gasteiger partial charge in [0, 0.05) is 10.6 Å². The minimum absolute atomic E-state index is 0.0444. The van der Waals surface area contributed by atoms with Crippen molar-refractivity contribution in [3.8, 4) is 0 Å². The molecule has 1 atom stereocenters. The molecule has 0 fully saturated rings. The molecule has 0 aliphatic carbocycles. The second kappa shape index (κ2) is 8.46. The van der Waals surface area contributed by atoms with Gasteiger partial charge in [0.2, 0.25) is 0 Å². The summed E-state index contributed by atoms with van der Waals surface area (Å²) in [6.07, 6.45) is 0. The second-order valence-corrected chi connectivity index (χ2v) is 7.82. The number of hydrogen-bond acceptors (Lipinski definition) is 2. The summed E-state index contributed by atoms with van der Waals surface area (Å²) < 4.78 is 28.4. The van der Waals surface area contributed by atoms with Gasteiger partial charge in [-0.1, -0.05) is 29.8 Å². The summed E-state index contributed by atoms with van der Waals surface area (Å²) in [7, 11) is -1.63. The van der Waals surface area contributed by atoms with Crippen LogP contribution >= 0.6 is 11.6 Å². The minimum Gasteiger partial charge on any atom is -0.295 e. The Morgan fingerprint density at radius 2 is 1.70 bits per heavy atom. The Labute approximate surface area is 165 Å². The van der Waals surface area contributed by atoms with Crippen LogP contribution < -0.4 is 4.31 Å². The van der Waals surface area contributed by atoms with Crippen molar-refractivity contribution in [2.75, 3.05) is 4.31 Å². The van der Waals surface area contributed by atoms with Crippen molar-refractivity contribution in [2.45, 2.75) is 18.4 Å². The molecule has 3 aromatic carbocycles. The van der Waals surface area contributed by atoms with Crippen molar-refractivity contribution in [3.63, 3.8) is 0 Å². The molecule has 1 unspecified atom stereocenters. The van der Waals surface area contributed by atoms with Crippen LogP contribution in [-0.2, 0) is 17.5 Å². The van der Waals surface area contributed by atoms with Gasteiger partial charge in [-0.2, -0.15) is 0 Å². The van der Waals surface area contributed by atoms with Gasteiger partial charge >= 0.3 is 0 Å². The molecule has 0 aliphatic rings. The first kappa shape index (κ1) is 19.3. The van der Waals surface area contributed by atoms with E-state index in [9.17, 15) is 13.4 Å². The van der Waals surface area contributed by atoms with E-state index in [4.69, 9.17) is 11.6 Å². The largest absolute Gasteiger partial charge is 0.295 e. The van der Waals surface area contributed by atoms with E-state index in [1.807, 2.05) is 12.1 Å². The molecule has 0 bridgehead atoms. The maximum atomic E-state index is 13.6. The SMILES string of the molecule is CC(=O)c1ccc(N(Cc2ccc(Cl)cc2)S(=O)c2cccc(F)c2)cc1. The quantitative estimate of drug-likeness (QED) is 0.518. The Bertz CT molecular complexity index is 974. The van der Waals surface area contributed by atoms with Crippen LogP contribution in [0.3, 0.4) is 0 Å². The predicted molar refractivity (Wildman–Crippen MR) is 107 cm³/mol. The van der Waals surface area contributed by atoms with E-state index in [0.29, 0.717) is 27.7 Å². The molecule has 0 saturated heterocycles. The topological polar surface area (TPSA) is 37.4 Å². The standard InChI is InChI=1S/C21H17ClFNO2S/c1-15(25)17-7-11-20(12-8-17)24(14-16-5-9-18(22)10-6-16)27(26)21-4-2-3-19(23)13-21/h2-13H,14H2,1H3. The van der Waals surface area contributed by atoms with E-state index in [0.717, 1.165) is 5.56 Å². The van der Waals surface area contributed by atoms with Crippen LogP contribution in [0.25, 0.3) is 0 Å². The molecule has 0 radical (unpaired) electrons. The molecule has 0 aliphatic heterocycles. The van der Waals surface area contributed by atoms with Crippen molar-refractivity contribution < 1.29 is 13.4 Å². The molecular weight excluding hydrogens is 385 g/mol. The third-order valence-corrected chi connectivity index (χ3v) is 5.65. The Morgan fingerprint density at radius 1 is 1.04 bits per heavy atom. The summed E-state index contributed by atoms with van der Waals surface area (Å²) in [5, 5.41) is 0.613. The van der Waals surface area contributed by atoms with Crippen LogP contribution in [0.15, 0.2) is 77.7 Å². The van der Waals surface area contributed by atoms with Crippen LogP contribution in [0.1, 0.15) is 22.8 Å². The van der Waals surface area contributed by atoms with Gasteiger partial charge in [-0.25, -0.2) is 8.60 Å². The van der Waals surface area contributed by atoms with E-state index < -0.39 is 16.8 Å². The lowest BCUT2D eigenvalue weighted by atomic mass is 10.1. The van der Waals surface area contributed by atoms with Crippen molar-refractivity contribution in [1.82, 2.24) is 0 Å². The number of nitrogens with zero attached hydrogens (tertiary/aromatic N) is 1. The molecular formula is C21H17ClFNO2S. The van der Waals surface area contributed by atoms with Crippen molar-refractivity contribution in [3.05, 3.63) is 94.8 Å². The normalized spacial score (nSPS) is 11.8. The minimum atomic E-state index is -1.63. The molecule has 0 spiro atoms. The van der Waals surface area contributed by atoms with Crippen molar-refractivity contribution in [2.24, 2.45) is 0 Å². The summed E-state index contributed by atoms with van der Waals surface area (Å²) in [6, 6.07) is 19.8. The summed E-state index contributed by atoms with van der Waals surface area (Å²) >= 11 is 5.94. The number of benzene rings is 3. The lowest BCUT2D eigenvalue weighted by molar-refractivity contribution is 0.101. The van der Waals surface area contributed by atoms with Gasteiger partial charge in [0.15, 0.2) is 16.8 Å². The lowest BCUT2D eigenvalue weighted by Gasteiger charge is -2.24. The monoisotopic (exact) mass is 401 g/mol. The Balaban J connectivity index is 1.98. The number of carbonyl (C=O) groups is 1. The lowest BCUT2D eigenvalue weighted by Crippen LogP contribution is -2.25. The van der Waals surface area contributed by atoms with E-state index >= 15 is 0 Å². The summed E-state index contributed by atoms with van der Waals surface area (Å²) in [5.74, 6) is -0.490. The van der Waals surface area contributed by atoms with Crippen LogP contribution in [-0.4, -0.2) is 9.99 Å². The summed E-state index contributed by atoms with van der Waals surface area (Å²) in [6.45, 7) is 1.82. The fraction of sp³-hybridized carbons (Fsp3) is 0.0952. The Morgan fingerprint density at radius 3 is 2.30 bits per heavy atom. The number of carbonyl (C=O) groups excluding carboxylic acids is 1. The van der Waals surface area contributed by atoms with E-state index in [2.05, 4.69) is 0 Å². The van der Waals surface area contributed by atoms with E-state index in [1.165, 1.54) is 25.1 Å². The van der Waals surface area contributed by atoms with Gasteiger partial charge in [-0.15, -0.1) is 0 Å². The highest BCUT2D eigenvalue weighted by molar-refractivity contribution is 7.86. The van der Waals surface area contributed by atoms with Crippen LogP contribution in [0.2, 0.25) is 5.02 Å². The molecule has 0 heterocycles. The van der Waals surface area contributed by atoms with E-state index in [1.54, 1.807) is 46.8 Å². The number of ketones is 1. The smallest absolute Gasteiger partial charge is 0.159 e. The predicted octanol–water partition coefficient (Wildman–Crippen LogP) is 5.41. The maximum Gasteiger partial charge on any atom is 0.159 e. The first-order chi connectivity index (χ1) is 12.9. The summed E-state index contributed by atoms with van der Waals surface area (Å²) in [5.41, 5.74) is 2.14. The van der Waals surface area contributed by atoms with Gasteiger partial charge in [0.05, 0.1) is 17.1 Å². The number of Topliss-reactive ketones (excluding diaryl/α,β-unsaturated/α-hetero) is 1. The number of hydrogen-bond donors (Lipinski definition) is 0. The fourth-order valence-corrected chi connectivity index (χ4v) is 3.93. The van der Waals surface area contributed by atoms with Gasteiger partial charge in [-0.3, -0.25) is 9.10 Å². The fourth-order valence-electron chi connectivity index (χ4n) is 2.57. The zero-order valence-corrected chi connectivity index (χ0v) is 16.1. The Kier molecular flexibility index (Phi) is 6.04. The molecule has 3 aromatic rings. The molecule has 0 aromatic heterocycles. The number of rotatable bonds is 6. The molecule has 0 amide bonds. The van der Waals surface area contributed by atoms with Crippen molar-refractivity contribution >= 4 is 34.1 Å². The van der Waals surface area contributed by atoms with Crippen LogP contribution in [0, 0.1) is 5.82 Å². The molecule has 3 nitrogen and oxygen atoms in total. The third-order valence-electron chi connectivity index (χ3n) is 4.00.